The fourth-order valence-electron chi connectivity index (χ4n) is 19.9. The van der Waals surface area contributed by atoms with Crippen LogP contribution in [0.5, 0.6) is 0 Å². The summed E-state index contributed by atoms with van der Waals surface area (Å²) in [6.45, 7) is 13.0. The Morgan fingerprint density at radius 3 is 1.51 bits per heavy atom. The quantitative estimate of drug-likeness (QED) is 0.0261. The van der Waals surface area contributed by atoms with Crippen molar-refractivity contribution in [3.63, 3.8) is 0 Å². The molecule has 0 radical (unpaired) electrons. The first kappa shape index (κ1) is 81.5. The van der Waals surface area contributed by atoms with Gasteiger partial charge in [0.1, 0.15) is 151 Å². The Bertz CT molecular complexity index is 2910. The minimum atomic E-state index is -2.10. The molecule has 11 rings (SSSR count). The lowest BCUT2D eigenvalue weighted by atomic mass is 9.40. The highest BCUT2D eigenvalue weighted by molar-refractivity contribution is 5.84. The van der Waals surface area contributed by atoms with Gasteiger partial charge in [0.25, 0.3) is 0 Å². The third kappa shape index (κ3) is 14.4. The van der Waals surface area contributed by atoms with Gasteiger partial charge in [-0.25, -0.2) is 0 Å². The van der Waals surface area contributed by atoms with Gasteiger partial charge in [-0.15, -0.1) is 0 Å². The SMILES string of the molecule is COC1C(O)C(CO)OC(OC2C(O)C(CO)OC(OC3COC(OC4CCC5(C)C6=CC(O)C78C(=O)OC(C)(CCCC(C)(C)OC(C)=O)C7CCC8(C)C6CCC5C4(C)C)C(OC4OC(C)C(OC5OC(CO)C(O)C(OC6OC(CO)C(O)C(OC)C6O)C5O)C(O)C4O)C3O)C2O)C1O. The molecule has 7 aliphatic heterocycles. The topological polar surface area (TPSA) is 506 Å². The van der Waals surface area contributed by atoms with Crippen molar-refractivity contribution in [1.82, 2.24) is 0 Å². The maximum atomic E-state index is 14.8. The summed E-state index contributed by atoms with van der Waals surface area (Å²) in [6, 6.07) is 0. The van der Waals surface area contributed by atoms with Gasteiger partial charge in [0.2, 0.25) is 0 Å². The highest BCUT2D eigenvalue weighted by Gasteiger charge is 2.79. The zero-order valence-corrected chi connectivity index (χ0v) is 60.1. The number of carbonyl (C=O) groups excluding carboxylic acids is 2. The van der Waals surface area contributed by atoms with Gasteiger partial charge in [-0.2, -0.15) is 0 Å². The minimum Gasteiger partial charge on any atom is -0.460 e. The molecular formula is C69H112O34. The first-order valence-corrected chi connectivity index (χ1v) is 36.1. The van der Waals surface area contributed by atoms with E-state index in [-0.39, 0.29) is 23.7 Å². The molecule has 0 aromatic rings. The van der Waals surface area contributed by atoms with Crippen molar-refractivity contribution < 1.29 is 167 Å². The van der Waals surface area contributed by atoms with Gasteiger partial charge in [0.05, 0.1) is 51.3 Å². The molecule has 34 heteroatoms. The molecule has 0 amide bonds. The summed E-state index contributed by atoms with van der Waals surface area (Å²) in [6.07, 6.45) is -44.3. The second kappa shape index (κ2) is 31.3. The van der Waals surface area contributed by atoms with Crippen LogP contribution in [0.4, 0.5) is 0 Å². The molecule has 103 heavy (non-hydrogen) atoms. The van der Waals surface area contributed by atoms with Gasteiger partial charge < -0.3 is 157 Å². The Labute approximate surface area is 597 Å². The van der Waals surface area contributed by atoms with Crippen LogP contribution in [0.25, 0.3) is 0 Å². The average molecular weight is 1490 g/mol. The summed E-state index contributed by atoms with van der Waals surface area (Å²) >= 11 is 0. The van der Waals surface area contributed by atoms with E-state index in [1.54, 1.807) is 0 Å². The maximum absolute atomic E-state index is 14.8. The van der Waals surface area contributed by atoms with Crippen molar-refractivity contribution in [3.05, 3.63) is 11.6 Å². The van der Waals surface area contributed by atoms with E-state index in [1.165, 1.54) is 28.1 Å². The summed E-state index contributed by atoms with van der Waals surface area (Å²) in [5.74, 6) is -1.32. The molecule has 38 atom stereocenters. The average Bonchev–Trinajstić information content (AvgIpc) is 1.52. The van der Waals surface area contributed by atoms with Crippen LogP contribution in [0.3, 0.4) is 0 Å². The Balaban J connectivity index is 0.835. The summed E-state index contributed by atoms with van der Waals surface area (Å²) in [7, 11) is 2.35. The highest BCUT2D eigenvalue weighted by Crippen LogP contribution is 2.76. The van der Waals surface area contributed by atoms with Gasteiger partial charge >= 0.3 is 11.9 Å². The Morgan fingerprint density at radius 2 is 1.01 bits per heavy atom. The minimum absolute atomic E-state index is 0.104. The van der Waals surface area contributed by atoms with Gasteiger partial charge in [-0.3, -0.25) is 9.59 Å². The van der Waals surface area contributed by atoms with Crippen LogP contribution < -0.4 is 0 Å². The highest BCUT2D eigenvalue weighted by atomic mass is 16.8. The van der Waals surface area contributed by atoms with Crippen LogP contribution in [0.2, 0.25) is 0 Å². The van der Waals surface area contributed by atoms with Crippen molar-refractivity contribution in [2.75, 3.05) is 47.3 Å². The molecule has 7 saturated heterocycles. The number of fused-ring (bicyclic) bond motifs is 4. The molecule has 10 fully saturated rings. The number of hydrogen-bond donors (Lipinski definition) is 16. The zero-order chi connectivity index (χ0) is 75.3. The third-order valence-corrected chi connectivity index (χ3v) is 25.3. The van der Waals surface area contributed by atoms with E-state index in [0.29, 0.717) is 57.8 Å². The molecule has 38 unspecified atom stereocenters. The van der Waals surface area contributed by atoms with E-state index in [9.17, 15) is 91.3 Å². The van der Waals surface area contributed by atoms with E-state index >= 15 is 0 Å². The predicted molar refractivity (Wildman–Crippen MR) is 343 cm³/mol. The third-order valence-electron chi connectivity index (χ3n) is 25.3. The molecule has 4 aliphatic carbocycles. The fourth-order valence-corrected chi connectivity index (χ4v) is 19.9. The van der Waals surface area contributed by atoms with Crippen LogP contribution >= 0.6 is 0 Å². The molecule has 7 heterocycles. The molecule has 0 aromatic carbocycles. The van der Waals surface area contributed by atoms with E-state index in [0.717, 1.165) is 5.57 Å². The smallest absolute Gasteiger partial charge is 0.316 e. The van der Waals surface area contributed by atoms with Crippen LogP contribution in [-0.2, 0) is 85.4 Å². The molecule has 0 bridgehead atoms. The molecule has 16 N–H and O–H groups in total. The first-order valence-electron chi connectivity index (χ1n) is 36.1. The van der Waals surface area contributed by atoms with Crippen LogP contribution in [0.1, 0.15) is 120 Å². The number of cyclic esters (lactones) is 1. The molecule has 11 aliphatic rings. The fraction of sp³-hybridized carbons (Fsp3) is 0.942. The van der Waals surface area contributed by atoms with E-state index in [4.69, 9.17) is 75.8 Å². The molecule has 3 saturated carbocycles. The number of carbonyl (C=O) groups is 2. The Hall–Kier alpha value is -2.52. The lowest BCUT2D eigenvalue weighted by Crippen LogP contribution is -2.67. The number of allylic oxidation sites excluding steroid dienone is 1. The number of methoxy groups -OCH3 is 2. The number of esters is 2. The van der Waals surface area contributed by atoms with Gasteiger partial charge in [-0.1, -0.05) is 39.3 Å². The number of ether oxygens (including phenoxy) is 16. The summed E-state index contributed by atoms with van der Waals surface area (Å²) in [5, 5.41) is 180. The van der Waals surface area contributed by atoms with Crippen molar-refractivity contribution in [2.45, 2.75) is 322 Å². The molecule has 34 nitrogen and oxygen atoms in total. The lowest BCUT2D eigenvalue weighted by Gasteiger charge is -2.64. The van der Waals surface area contributed by atoms with Crippen LogP contribution in [-0.4, -0.2) is 342 Å². The van der Waals surface area contributed by atoms with E-state index in [2.05, 4.69) is 27.7 Å². The van der Waals surface area contributed by atoms with E-state index in [1.807, 2.05) is 26.8 Å². The standard InChI is InChI=1S/C69H112O34/c1-27-51(98-61-50(86)55(43(79)34(25-73)95-61)100-60-48(84)53(89-11)41(77)32(23-71)94-60)45(81)46(82)57(91-27)101-56-44(80)35(96-58-49(85)54(42(78)33(24-72)92-58)99-59-47(83)52(88-10)40(76)31(22-70)93-59)26-90-62(56)97-39-16-19-66(7)30-21-38(75)69-37(15-20-67(69,8)29(30)13-14-36(66)65(39,5)6)68(9,103-63(69)87)18-12-17-64(3,4)102-28(2)74/h21,27,29,31-62,70-73,75-86H,12-20,22-26H2,1-11H3. The second-order valence-electron chi connectivity index (χ2n) is 32.1. The zero-order valence-electron chi connectivity index (χ0n) is 60.1. The predicted octanol–water partition coefficient (Wildman–Crippen LogP) is -4.35. The molecular weight excluding hydrogens is 1370 g/mol. The monoisotopic (exact) mass is 1480 g/mol. The van der Waals surface area contributed by atoms with Crippen LogP contribution in [0, 0.1) is 39.4 Å². The van der Waals surface area contributed by atoms with Crippen molar-refractivity contribution in [1.29, 1.82) is 0 Å². The van der Waals surface area contributed by atoms with Gasteiger partial charge in [0, 0.05) is 27.1 Å². The number of aliphatic hydroxyl groups excluding tert-OH is 16. The second-order valence-corrected chi connectivity index (χ2v) is 32.1. The largest absolute Gasteiger partial charge is 0.460 e. The van der Waals surface area contributed by atoms with Crippen molar-refractivity contribution >= 4 is 11.9 Å². The molecule has 0 aromatic heterocycles. The van der Waals surface area contributed by atoms with Crippen LogP contribution in [0.15, 0.2) is 11.6 Å². The first-order chi connectivity index (χ1) is 48.5. The summed E-state index contributed by atoms with van der Waals surface area (Å²) in [4.78, 5) is 26.7. The number of aliphatic hydroxyl groups is 16. The molecule has 592 valence electrons. The summed E-state index contributed by atoms with van der Waals surface area (Å²) in [5.41, 5.74) is -3.74. The van der Waals surface area contributed by atoms with Crippen molar-refractivity contribution in [3.8, 4) is 0 Å². The van der Waals surface area contributed by atoms with Gasteiger partial charge in [0.15, 0.2) is 37.7 Å². The number of hydrogen-bond acceptors (Lipinski definition) is 34. The lowest BCUT2D eigenvalue weighted by molar-refractivity contribution is -0.397. The van der Waals surface area contributed by atoms with E-state index < -0.39 is 262 Å². The molecule has 1 spiro atoms. The maximum Gasteiger partial charge on any atom is 0.316 e. The Morgan fingerprint density at radius 1 is 0.534 bits per heavy atom. The van der Waals surface area contributed by atoms with Crippen molar-refractivity contribution in [2.24, 2.45) is 39.4 Å². The van der Waals surface area contributed by atoms with Gasteiger partial charge in [-0.05, 0) is 114 Å². The Kier molecular flexibility index (Phi) is 24.8. The summed E-state index contributed by atoms with van der Waals surface area (Å²) < 4.78 is 95.8. The normalized spacial score (nSPS) is 51.4. The number of rotatable bonds is 23.